The van der Waals surface area contributed by atoms with Crippen molar-refractivity contribution in [2.75, 3.05) is 5.32 Å². The number of hydrogen-bond donors (Lipinski definition) is 3. The molecule has 4 rings (SSSR count). The third-order valence-electron chi connectivity index (χ3n) is 4.96. The summed E-state index contributed by atoms with van der Waals surface area (Å²) in [6, 6.07) is 23.2. The minimum Gasteiger partial charge on any atom is -0.324 e. The second kappa shape index (κ2) is 8.57. The average molecular weight is 406 g/mol. The number of halogens is 1. The summed E-state index contributed by atoms with van der Waals surface area (Å²) in [7, 11) is 0. The summed E-state index contributed by atoms with van der Waals surface area (Å²) < 4.78 is 0. The standard InChI is InChI=1S/C23H20ClN3O2/c24-17-12-10-15(11-13-17)20-14-21(27-26-20)23(29)25-19-9-5-4-8-18(19)22(28)16-6-2-1-3-7-16/h1-13,20-21,26-27H,14H2,(H,25,29). The van der Waals surface area contributed by atoms with Crippen LogP contribution >= 0.6 is 11.6 Å². The number of anilines is 1. The van der Waals surface area contributed by atoms with Crippen LogP contribution in [-0.4, -0.2) is 17.7 Å². The van der Waals surface area contributed by atoms with Gasteiger partial charge in [0.2, 0.25) is 5.91 Å². The Morgan fingerprint density at radius 3 is 2.31 bits per heavy atom. The highest BCUT2D eigenvalue weighted by atomic mass is 35.5. The van der Waals surface area contributed by atoms with Gasteiger partial charge in [0.25, 0.3) is 0 Å². The van der Waals surface area contributed by atoms with Crippen molar-refractivity contribution in [3.63, 3.8) is 0 Å². The molecule has 0 aliphatic carbocycles. The van der Waals surface area contributed by atoms with Crippen LogP contribution < -0.4 is 16.2 Å². The molecule has 1 aliphatic heterocycles. The molecule has 0 saturated carbocycles. The first-order valence-electron chi connectivity index (χ1n) is 9.38. The van der Waals surface area contributed by atoms with Crippen LogP contribution in [0.4, 0.5) is 5.69 Å². The van der Waals surface area contributed by atoms with Crippen LogP contribution in [0.3, 0.4) is 0 Å². The van der Waals surface area contributed by atoms with E-state index >= 15 is 0 Å². The van der Waals surface area contributed by atoms with Gasteiger partial charge in [0.15, 0.2) is 5.78 Å². The summed E-state index contributed by atoms with van der Waals surface area (Å²) in [5, 5.41) is 3.58. The fraction of sp³-hybridized carbons (Fsp3) is 0.130. The summed E-state index contributed by atoms with van der Waals surface area (Å²) >= 11 is 5.94. The summed E-state index contributed by atoms with van der Waals surface area (Å²) in [4.78, 5) is 25.7. The number of amides is 1. The van der Waals surface area contributed by atoms with Gasteiger partial charge in [0, 0.05) is 22.2 Å². The summed E-state index contributed by atoms with van der Waals surface area (Å²) in [6.45, 7) is 0. The molecule has 1 saturated heterocycles. The van der Waals surface area contributed by atoms with Gasteiger partial charge in [-0.15, -0.1) is 0 Å². The van der Waals surface area contributed by atoms with Gasteiger partial charge < -0.3 is 5.32 Å². The van der Waals surface area contributed by atoms with Gasteiger partial charge in [-0.05, 0) is 36.2 Å². The molecule has 1 fully saturated rings. The molecule has 146 valence electrons. The number of carbonyl (C=O) groups excluding carboxylic acids is 2. The Bertz CT molecular complexity index is 1020. The molecule has 0 spiro atoms. The van der Waals surface area contributed by atoms with E-state index in [1.54, 1.807) is 36.4 Å². The number of rotatable bonds is 5. The number of carbonyl (C=O) groups is 2. The molecule has 1 amide bonds. The van der Waals surface area contributed by atoms with Gasteiger partial charge >= 0.3 is 0 Å². The van der Waals surface area contributed by atoms with Gasteiger partial charge in [0.1, 0.15) is 6.04 Å². The van der Waals surface area contributed by atoms with E-state index in [-0.39, 0.29) is 17.7 Å². The Balaban J connectivity index is 1.47. The number of benzene rings is 3. The van der Waals surface area contributed by atoms with Gasteiger partial charge in [-0.2, -0.15) is 0 Å². The van der Waals surface area contributed by atoms with E-state index in [0.29, 0.717) is 28.3 Å². The lowest BCUT2D eigenvalue weighted by atomic mass is 10.0. The van der Waals surface area contributed by atoms with E-state index in [9.17, 15) is 9.59 Å². The van der Waals surface area contributed by atoms with E-state index in [1.165, 1.54) is 0 Å². The summed E-state index contributed by atoms with van der Waals surface area (Å²) in [5.74, 6) is -0.319. The Hall–Kier alpha value is -2.99. The first-order valence-corrected chi connectivity index (χ1v) is 9.76. The van der Waals surface area contributed by atoms with E-state index in [0.717, 1.165) is 5.56 Å². The van der Waals surface area contributed by atoms with Gasteiger partial charge in [0.05, 0.1) is 5.69 Å². The van der Waals surface area contributed by atoms with E-state index in [4.69, 9.17) is 11.6 Å². The fourth-order valence-corrected chi connectivity index (χ4v) is 3.52. The minimum atomic E-state index is -0.421. The molecule has 5 nitrogen and oxygen atoms in total. The van der Waals surface area contributed by atoms with Gasteiger partial charge in [-0.25, -0.2) is 10.9 Å². The number of para-hydroxylation sites is 1. The smallest absolute Gasteiger partial charge is 0.242 e. The predicted molar refractivity (Wildman–Crippen MR) is 114 cm³/mol. The van der Waals surface area contributed by atoms with Crippen LogP contribution in [0.1, 0.15) is 33.9 Å². The molecule has 2 unspecified atom stereocenters. The Labute approximate surface area is 174 Å². The first-order chi connectivity index (χ1) is 14.1. The van der Waals surface area contributed by atoms with Crippen molar-refractivity contribution < 1.29 is 9.59 Å². The quantitative estimate of drug-likeness (QED) is 0.558. The molecule has 0 bridgehead atoms. The largest absolute Gasteiger partial charge is 0.324 e. The van der Waals surface area contributed by atoms with Gasteiger partial charge in [-0.3, -0.25) is 9.59 Å². The zero-order valence-corrected chi connectivity index (χ0v) is 16.3. The van der Waals surface area contributed by atoms with Crippen molar-refractivity contribution in [3.05, 3.63) is 101 Å². The summed E-state index contributed by atoms with van der Waals surface area (Å²) in [6.07, 6.45) is 0.586. The van der Waals surface area contributed by atoms with E-state index in [1.807, 2.05) is 42.5 Å². The second-order valence-corrected chi connectivity index (χ2v) is 7.35. The monoisotopic (exact) mass is 405 g/mol. The minimum absolute atomic E-state index is 0.00390. The lowest BCUT2D eigenvalue weighted by Crippen LogP contribution is -2.39. The van der Waals surface area contributed by atoms with Crippen molar-refractivity contribution in [1.29, 1.82) is 0 Å². The number of ketones is 1. The third kappa shape index (κ3) is 4.38. The molecule has 2 atom stereocenters. The number of nitrogens with one attached hydrogen (secondary N) is 3. The molecule has 3 aromatic carbocycles. The highest BCUT2D eigenvalue weighted by Gasteiger charge is 2.30. The Kier molecular flexibility index (Phi) is 5.71. The Morgan fingerprint density at radius 2 is 1.55 bits per heavy atom. The zero-order chi connectivity index (χ0) is 20.2. The maximum absolute atomic E-state index is 12.8. The molecular formula is C23H20ClN3O2. The van der Waals surface area contributed by atoms with Crippen LogP contribution in [0.2, 0.25) is 5.02 Å². The SMILES string of the molecule is O=C(c1ccccc1)c1ccccc1NC(=O)C1CC(c2ccc(Cl)cc2)NN1. The third-order valence-corrected chi connectivity index (χ3v) is 5.21. The fourth-order valence-electron chi connectivity index (χ4n) is 3.40. The predicted octanol–water partition coefficient (Wildman–Crippen LogP) is 4.12. The highest BCUT2D eigenvalue weighted by Crippen LogP contribution is 2.25. The van der Waals surface area contributed by atoms with Crippen LogP contribution in [0.15, 0.2) is 78.9 Å². The molecule has 29 heavy (non-hydrogen) atoms. The van der Waals surface area contributed by atoms with Crippen molar-refractivity contribution in [1.82, 2.24) is 10.9 Å². The van der Waals surface area contributed by atoms with Crippen molar-refractivity contribution >= 4 is 29.0 Å². The van der Waals surface area contributed by atoms with Crippen molar-refractivity contribution in [3.8, 4) is 0 Å². The lowest BCUT2D eigenvalue weighted by Gasteiger charge is -2.14. The lowest BCUT2D eigenvalue weighted by molar-refractivity contribution is -0.117. The molecule has 1 heterocycles. The molecule has 3 aromatic rings. The second-order valence-electron chi connectivity index (χ2n) is 6.91. The maximum atomic E-state index is 12.8. The first kappa shape index (κ1) is 19.3. The van der Waals surface area contributed by atoms with Crippen molar-refractivity contribution in [2.45, 2.75) is 18.5 Å². The molecule has 0 aromatic heterocycles. The Morgan fingerprint density at radius 1 is 0.862 bits per heavy atom. The van der Waals surface area contributed by atoms with E-state index < -0.39 is 6.04 Å². The van der Waals surface area contributed by atoms with Crippen LogP contribution in [0, 0.1) is 0 Å². The normalized spacial score (nSPS) is 18.4. The summed E-state index contributed by atoms with van der Waals surface area (Å²) in [5.41, 5.74) is 8.79. The van der Waals surface area contributed by atoms with Crippen molar-refractivity contribution in [2.24, 2.45) is 0 Å². The number of hydrogen-bond acceptors (Lipinski definition) is 4. The van der Waals surface area contributed by atoms with Crippen LogP contribution in [0.5, 0.6) is 0 Å². The highest BCUT2D eigenvalue weighted by molar-refractivity contribution is 6.30. The van der Waals surface area contributed by atoms with E-state index in [2.05, 4.69) is 16.2 Å². The topological polar surface area (TPSA) is 70.2 Å². The maximum Gasteiger partial charge on any atom is 0.242 e. The molecule has 0 radical (unpaired) electrons. The van der Waals surface area contributed by atoms with Gasteiger partial charge in [-0.1, -0.05) is 66.2 Å². The molecular weight excluding hydrogens is 386 g/mol. The molecule has 1 aliphatic rings. The average Bonchev–Trinajstić information content (AvgIpc) is 3.25. The van der Waals surface area contributed by atoms with Crippen LogP contribution in [-0.2, 0) is 4.79 Å². The molecule has 3 N–H and O–H groups in total. The molecule has 6 heteroatoms. The number of hydrazine groups is 1. The zero-order valence-electron chi connectivity index (χ0n) is 15.6. The van der Waals surface area contributed by atoms with Crippen LogP contribution in [0.25, 0.3) is 0 Å².